The van der Waals surface area contributed by atoms with Gasteiger partial charge in [0.15, 0.2) is 16.7 Å². The first kappa shape index (κ1) is 15.1. The fraction of sp³-hybridized carbons (Fsp3) is 0.0588. The average molecular weight is 359 g/mol. The minimum absolute atomic E-state index is 0.175. The number of carbonyl (C=O) groups is 1. The molecule has 2 aliphatic heterocycles. The van der Waals surface area contributed by atoms with E-state index in [0.29, 0.717) is 32.2 Å². The summed E-state index contributed by atoms with van der Waals surface area (Å²) in [5, 5.41) is 3.78. The number of nitrogens with one attached hydrogen (secondary N) is 1. The van der Waals surface area contributed by atoms with Crippen molar-refractivity contribution in [1.82, 2.24) is 5.32 Å². The second-order valence-electron chi connectivity index (χ2n) is 5.04. The molecule has 7 heteroatoms. The maximum atomic E-state index is 12.1. The summed E-state index contributed by atoms with van der Waals surface area (Å²) in [6.07, 6.45) is 1.72. The highest BCUT2D eigenvalue weighted by atomic mass is 35.5. The van der Waals surface area contributed by atoms with Crippen LogP contribution in [0, 0.1) is 0 Å². The highest BCUT2D eigenvalue weighted by molar-refractivity contribution is 8.18. The molecule has 2 aliphatic rings. The third-order valence-corrected chi connectivity index (χ3v) is 4.65. The molecule has 2 aromatic carbocycles. The Hall–Kier alpha value is -2.44. The van der Waals surface area contributed by atoms with Crippen molar-refractivity contribution in [3.8, 4) is 11.5 Å². The molecule has 1 amide bonds. The first-order valence-corrected chi connectivity index (χ1v) is 8.32. The fourth-order valence-corrected chi connectivity index (χ4v) is 3.33. The van der Waals surface area contributed by atoms with E-state index in [0.717, 1.165) is 5.69 Å². The van der Waals surface area contributed by atoms with Crippen molar-refractivity contribution in [2.24, 2.45) is 4.99 Å². The maximum absolute atomic E-state index is 12.1. The topological polar surface area (TPSA) is 59.9 Å². The van der Waals surface area contributed by atoms with Gasteiger partial charge in [0.05, 0.1) is 15.6 Å². The van der Waals surface area contributed by atoms with Crippen molar-refractivity contribution in [1.29, 1.82) is 0 Å². The van der Waals surface area contributed by atoms with Crippen molar-refractivity contribution in [2.45, 2.75) is 0 Å². The number of hydrogen-bond donors (Lipinski definition) is 1. The molecular weight excluding hydrogens is 348 g/mol. The van der Waals surface area contributed by atoms with Crippen molar-refractivity contribution < 1.29 is 14.3 Å². The number of halogens is 1. The Balaban J connectivity index is 1.62. The van der Waals surface area contributed by atoms with Crippen molar-refractivity contribution in [3.05, 3.63) is 58.0 Å². The Bertz CT molecular complexity index is 881. The fourth-order valence-electron chi connectivity index (χ4n) is 2.29. The zero-order valence-electron chi connectivity index (χ0n) is 12.3. The van der Waals surface area contributed by atoms with Crippen LogP contribution in [0.2, 0.25) is 5.02 Å². The molecule has 120 valence electrons. The second-order valence-corrected chi connectivity index (χ2v) is 6.48. The number of carbonyl (C=O) groups excluding carboxylic acids is 1. The number of amidine groups is 1. The van der Waals surface area contributed by atoms with Crippen molar-refractivity contribution >= 4 is 46.2 Å². The molecule has 0 spiro atoms. The van der Waals surface area contributed by atoms with E-state index in [1.54, 1.807) is 18.2 Å². The molecule has 1 saturated heterocycles. The molecule has 0 saturated carbocycles. The van der Waals surface area contributed by atoms with Crippen LogP contribution < -0.4 is 14.8 Å². The summed E-state index contributed by atoms with van der Waals surface area (Å²) < 4.78 is 10.6. The SMILES string of the molecule is O=C1NC(=Nc2ccccc2)SC1=Cc1cc2c(cc1Cl)OCO2. The molecule has 0 unspecified atom stereocenters. The maximum Gasteiger partial charge on any atom is 0.264 e. The van der Waals surface area contributed by atoms with Crippen LogP contribution in [0.5, 0.6) is 11.5 Å². The van der Waals surface area contributed by atoms with Gasteiger partial charge in [-0.05, 0) is 41.6 Å². The van der Waals surface area contributed by atoms with Crippen LogP contribution in [0.1, 0.15) is 5.56 Å². The predicted octanol–water partition coefficient (Wildman–Crippen LogP) is 3.96. The molecule has 4 rings (SSSR count). The van der Waals surface area contributed by atoms with E-state index >= 15 is 0 Å². The molecule has 1 N–H and O–H groups in total. The molecule has 5 nitrogen and oxygen atoms in total. The van der Waals surface area contributed by atoms with Crippen LogP contribution in [0.25, 0.3) is 6.08 Å². The molecule has 0 aromatic heterocycles. The molecule has 24 heavy (non-hydrogen) atoms. The lowest BCUT2D eigenvalue weighted by molar-refractivity contribution is -0.115. The number of nitrogens with zero attached hydrogens (tertiary/aromatic N) is 1. The molecule has 0 bridgehead atoms. The molecular formula is C17H11ClN2O3S. The Morgan fingerprint density at radius 3 is 2.71 bits per heavy atom. The summed E-state index contributed by atoms with van der Waals surface area (Å²) in [5.74, 6) is 1.02. The Labute approximate surface area is 147 Å². The van der Waals surface area contributed by atoms with Crippen LogP contribution in [0.15, 0.2) is 52.4 Å². The molecule has 1 fully saturated rings. The van der Waals surface area contributed by atoms with E-state index in [9.17, 15) is 4.79 Å². The summed E-state index contributed by atoms with van der Waals surface area (Å²) in [6.45, 7) is 0.175. The number of para-hydroxylation sites is 1. The van der Waals surface area contributed by atoms with Gasteiger partial charge in [-0.2, -0.15) is 0 Å². The van der Waals surface area contributed by atoms with Gasteiger partial charge in [0.1, 0.15) is 0 Å². The smallest absolute Gasteiger partial charge is 0.264 e. The quantitative estimate of drug-likeness (QED) is 0.825. The molecule has 0 atom stereocenters. The monoisotopic (exact) mass is 358 g/mol. The number of ether oxygens (including phenoxy) is 2. The third kappa shape index (κ3) is 2.98. The van der Waals surface area contributed by atoms with Gasteiger partial charge in [0.2, 0.25) is 6.79 Å². The van der Waals surface area contributed by atoms with E-state index in [4.69, 9.17) is 21.1 Å². The first-order valence-electron chi connectivity index (χ1n) is 7.13. The van der Waals surface area contributed by atoms with Crippen molar-refractivity contribution in [3.63, 3.8) is 0 Å². The summed E-state index contributed by atoms with van der Waals surface area (Å²) in [6, 6.07) is 12.9. The highest BCUT2D eigenvalue weighted by Crippen LogP contribution is 2.38. The van der Waals surface area contributed by atoms with E-state index in [1.165, 1.54) is 11.8 Å². The first-order chi connectivity index (χ1) is 11.7. The number of rotatable bonds is 2. The summed E-state index contributed by atoms with van der Waals surface area (Å²) >= 11 is 7.52. The number of thioether (sulfide) groups is 1. The van der Waals surface area contributed by atoms with Crippen LogP contribution in [0.4, 0.5) is 5.69 Å². The van der Waals surface area contributed by atoms with Gasteiger partial charge in [-0.15, -0.1) is 0 Å². The van der Waals surface area contributed by atoms with Crippen LogP contribution in [0.3, 0.4) is 0 Å². The number of aliphatic imine (C=N–C) groups is 1. The van der Waals surface area contributed by atoms with Gasteiger partial charge in [0, 0.05) is 6.07 Å². The van der Waals surface area contributed by atoms with E-state index in [1.807, 2.05) is 30.3 Å². The molecule has 2 heterocycles. The van der Waals surface area contributed by atoms with Crippen LogP contribution in [-0.4, -0.2) is 17.9 Å². The van der Waals surface area contributed by atoms with Gasteiger partial charge in [-0.1, -0.05) is 29.8 Å². The number of benzene rings is 2. The summed E-state index contributed by atoms with van der Waals surface area (Å²) in [7, 11) is 0. The lowest BCUT2D eigenvalue weighted by Crippen LogP contribution is -2.19. The number of fused-ring (bicyclic) bond motifs is 1. The van der Waals surface area contributed by atoms with Gasteiger partial charge in [-0.3, -0.25) is 4.79 Å². The lowest BCUT2D eigenvalue weighted by atomic mass is 10.2. The van der Waals surface area contributed by atoms with Gasteiger partial charge in [-0.25, -0.2) is 4.99 Å². The molecule has 0 aliphatic carbocycles. The average Bonchev–Trinajstić information content (AvgIpc) is 3.15. The Morgan fingerprint density at radius 2 is 1.92 bits per heavy atom. The minimum atomic E-state index is -0.205. The zero-order valence-corrected chi connectivity index (χ0v) is 13.9. The summed E-state index contributed by atoms with van der Waals surface area (Å²) in [5.41, 5.74) is 1.47. The molecule has 0 radical (unpaired) electrons. The normalized spacial score (nSPS) is 19.1. The lowest BCUT2D eigenvalue weighted by Gasteiger charge is -2.02. The van der Waals surface area contributed by atoms with Crippen molar-refractivity contribution in [2.75, 3.05) is 6.79 Å². The predicted molar refractivity (Wildman–Crippen MR) is 94.8 cm³/mol. The van der Waals surface area contributed by atoms with Crippen LogP contribution in [-0.2, 0) is 4.79 Å². The van der Waals surface area contributed by atoms with E-state index in [-0.39, 0.29) is 12.7 Å². The zero-order chi connectivity index (χ0) is 16.5. The van der Waals surface area contributed by atoms with Gasteiger partial charge < -0.3 is 14.8 Å². The van der Waals surface area contributed by atoms with Crippen LogP contribution >= 0.6 is 23.4 Å². The second kappa shape index (κ2) is 6.22. The van der Waals surface area contributed by atoms with E-state index in [2.05, 4.69) is 10.3 Å². The largest absolute Gasteiger partial charge is 0.454 e. The van der Waals surface area contributed by atoms with Gasteiger partial charge in [0.25, 0.3) is 5.91 Å². The van der Waals surface area contributed by atoms with E-state index < -0.39 is 0 Å². The Kier molecular flexibility index (Phi) is 3.92. The summed E-state index contributed by atoms with van der Waals surface area (Å²) in [4.78, 5) is 17.1. The standard InChI is InChI=1S/C17H11ClN2O3S/c18-12-8-14-13(22-9-23-14)6-10(12)7-15-16(21)20-17(24-15)19-11-4-2-1-3-5-11/h1-8H,9H2,(H,19,20,21). The molecule has 2 aromatic rings. The highest BCUT2D eigenvalue weighted by Gasteiger charge is 2.25. The Morgan fingerprint density at radius 1 is 1.17 bits per heavy atom. The third-order valence-electron chi connectivity index (χ3n) is 3.42. The van der Waals surface area contributed by atoms with Gasteiger partial charge >= 0.3 is 0 Å². The number of hydrogen-bond acceptors (Lipinski definition) is 5. The number of amides is 1. The minimum Gasteiger partial charge on any atom is -0.454 e.